The van der Waals surface area contributed by atoms with Crippen molar-refractivity contribution in [1.82, 2.24) is 4.31 Å². The molecule has 3 rings (SSSR count). The molecule has 0 bridgehead atoms. The van der Waals surface area contributed by atoms with E-state index in [1.54, 1.807) is 12.1 Å². The minimum Gasteiger partial charge on any atom is -0.494 e. The number of sulfonamides is 1. The second kappa shape index (κ2) is 10.6. The van der Waals surface area contributed by atoms with Crippen LogP contribution in [0.4, 0.5) is 5.69 Å². The number of amides is 1. The smallest absolute Gasteiger partial charge is 0.243 e. The third-order valence-corrected chi connectivity index (χ3v) is 7.04. The van der Waals surface area contributed by atoms with Crippen molar-refractivity contribution in [3.05, 3.63) is 89.0 Å². The molecule has 0 aliphatic carbocycles. The third-order valence-electron chi connectivity index (χ3n) is 5.24. The summed E-state index contributed by atoms with van der Waals surface area (Å²) in [4.78, 5) is 13.1. The van der Waals surface area contributed by atoms with Gasteiger partial charge in [0.25, 0.3) is 0 Å². The van der Waals surface area contributed by atoms with Crippen molar-refractivity contribution in [3.63, 3.8) is 0 Å². The number of rotatable bonds is 9. The minimum atomic E-state index is -3.93. The zero-order valence-electron chi connectivity index (χ0n) is 19.5. The van der Waals surface area contributed by atoms with Gasteiger partial charge in [-0.05, 0) is 68.7 Å². The number of hydrogen-bond acceptors (Lipinski definition) is 4. The normalized spacial score (nSPS) is 11.4. The maximum atomic E-state index is 13.5. The van der Waals surface area contributed by atoms with Gasteiger partial charge in [0.05, 0.1) is 18.0 Å². The molecule has 3 aromatic rings. The minimum absolute atomic E-state index is 0.0790. The molecule has 0 saturated heterocycles. The molecule has 0 heterocycles. The molecule has 0 atom stereocenters. The summed E-state index contributed by atoms with van der Waals surface area (Å²) in [6.45, 7) is 7.97. The van der Waals surface area contributed by atoms with Crippen LogP contribution in [0.1, 0.15) is 29.2 Å². The predicted molar refractivity (Wildman–Crippen MR) is 131 cm³/mol. The second-order valence-electron chi connectivity index (χ2n) is 7.99. The SMILES string of the molecule is CCOc1ccc(S(=O)(=O)N(CC(=O)Nc2c(C)cc(C)cc2C)Cc2ccccc2)cc1. The Morgan fingerprint density at radius 1 is 0.939 bits per heavy atom. The average Bonchev–Trinajstić information content (AvgIpc) is 2.77. The molecule has 6 nitrogen and oxygen atoms in total. The van der Waals surface area contributed by atoms with Crippen molar-refractivity contribution in [3.8, 4) is 5.75 Å². The number of carbonyl (C=O) groups excluding carboxylic acids is 1. The summed E-state index contributed by atoms with van der Waals surface area (Å²) in [6, 6.07) is 19.5. The molecular weight excluding hydrogens is 436 g/mol. The highest BCUT2D eigenvalue weighted by atomic mass is 32.2. The van der Waals surface area contributed by atoms with Crippen LogP contribution >= 0.6 is 0 Å². The van der Waals surface area contributed by atoms with E-state index in [1.165, 1.54) is 16.4 Å². The van der Waals surface area contributed by atoms with Crippen molar-refractivity contribution < 1.29 is 17.9 Å². The van der Waals surface area contributed by atoms with Gasteiger partial charge in [-0.1, -0.05) is 48.0 Å². The highest BCUT2D eigenvalue weighted by Gasteiger charge is 2.27. The highest BCUT2D eigenvalue weighted by Crippen LogP contribution is 2.24. The van der Waals surface area contributed by atoms with Gasteiger partial charge in [-0.25, -0.2) is 8.42 Å². The Kier molecular flexibility index (Phi) is 7.89. The summed E-state index contributed by atoms with van der Waals surface area (Å²) in [7, 11) is -3.93. The number of benzene rings is 3. The summed E-state index contributed by atoms with van der Waals surface area (Å²) in [5, 5.41) is 2.91. The zero-order valence-corrected chi connectivity index (χ0v) is 20.3. The monoisotopic (exact) mass is 466 g/mol. The van der Waals surface area contributed by atoms with Crippen LogP contribution in [0.15, 0.2) is 71.6 Å². The van der Waals surface area contributed by atoms with Crippen LogP contribution in [0.5, 0.6) is 5.75 Å². The lowest BCUT2D eigenvalue weighted by Gasteiger charge is -2.23. The first-order chi connectivity index (χ1) is 15.7. The molecule has 0 aliphatic heterocycles. The Balaban J connectivity index is 1.88. The van der Waals surface area contributed by atoms with Crippen molar-refractivity contribution in [2.75, 3.05) is 18.5 Å². The summed E-state index contributed by atoms with van der Waals surface area (Å²) in [5.74, 6) is 0.199. The van der Waals surface area contributed by atoms with Gasteiger partial charge in [0.2, 0.25) is 15.9 Å². The van der Waals surface area contributed by atoms with E-state index in [-0.39, 0.29) is 18.0 Å². The molecule has 0 aromatic heterocycles. The molecule has 1 amide bonds. The highest BCUT2D eigenvalue weighted by molar-refractivity contribution is 7.89. The lowest BCUT2D eigenvalue weighted by Crippen LogP contribution is -2.37. The molecule has 0 fully saturated rings. The average molecular weight is 467 g/mol. The van der Waals surface area contributed by atoms with E-state index in [2.05, 4.69) is 5.32 Å². The number of aryl methyl sites for hydroxylation is 3. The summed E-state index contributed by atoms with van der Waals surface area (Å²) in [6.07, 6.45) is 0. The van der Waals surface area contributed by atoms with Crippen LogP contribution in [0.25, 0.3) is 0 Å². The van der Waals surface area contributed by atoms with Crippen LogP contribution in [-0.2, 0) is 21.4 Å². The van der Waals surface area contributed by atoms with E-state index < -0.39 is 15.9 Å². The van der Waals surface area contributed by atoms with E-state index in [0.717, 1.165) is 22.3 Å². The zero-order chi connectivity index (χ0) is 24.0. The van der Waals surface area contributed by atoms with Crippen LogP contribution < -0.4 is 10.1 Å². The van der Waals surface area contributed by atoms with Gasteiger partial charge < -0.3 is 10.1 Å². The van der Waals surface area contributed by atoms with Gasteiger partial charge in [-0.2, -0.15) is 4.31 Å². The fourth-order valence-corrected chi connectivity index (χ4v) is 5.14. The van der Waals surface area contributed by atoms with Crippen molar-refractivity contribution in [2.24, 2.45) is 0 Å². The Labute approximate surface area is 196 Å². The van der Waals surface area contributed by atoms with Crippen LogP contribution in [0.2, 0.25) is 0 Å². The lowest BCUT2D eigenvalue weighted by atomic mass is 10.1. The van der Waals surface area contributed by atoms with Crippen LogP contribution in [-0.4, -0.2) is 31.8 Å². The molecule has 0 aliphatic rings. The quantitative estimate of drug-likeness (QED) is 0.490. The summed E-state index contributed by atoms with van der Waals surface area (Å²) in [5.41, 5.74) is 4.48. The van der Waals surface area contributed by atoms with E-state index in [9.17, 15) is 13.2 Å². The van der Waals surface area contributed by atoms with Gasteiger partial charge in [0, 0.05) is 12.2 Å². The number of anilines is 1. The molecular formula is C26H30N2O4S. The number of carbonyl (C=O) groups is 1. The maximum absolute atomic E-state index is 13.5. The number of nitrogens with one attached hydrogen (secondary N) is 1. The third kappa shape index (κ3) is 6.21. The fraction of sp³-hybridized carbons (Fsp3) is 0.269. The standard InChI is InChI=1S/C26H30N2O4S/c1-5-32-23-11-13-24(14-12-23)33(30,31)28(17-22-9-7-6-8-10-22)18-25(29)27-26-20(3)15-19(2)16-21(26)4/h6-16H,5,17-18H2,1-4H3,(H,27,29). The largest absolute Gasteiger partial charge is 0.494 e. The van der Waals surface area contributed by atoms with Crippen molar-refractivity contribution >= 4 is 21.6 Å². The van der Waals surface area contributed by atoms with Gasteiger partial charge in [-0.15, -0.1) is 0 Å². The number of hydrogen-bond donors (Lipinski definition) is 1. The second-order valence-corrected chi connectivity index (χ2v) is 9.92. The van der Waals surface area contributed by atoms with Crippen molar-refractivity contribution in [2.45, 2.75) is 39.1 Å². The number of nitrogens with zero attached hydrogens (tertiary/aromatic N) is 1. The number of ether oxygens (including phenoxy) is 1. The molecule has 3 aromatic carbocycles. The Morgan fingerprint density at radius 2 is 1.55 bits per heavy atom. The van der Waals surface area contributed by atoms with Gasteiger partial charge in [0.1, 0.15) is 5.75 Å². The Morgan fingerprint density at radius 3 is 2.12 bits per heavy atom. The predicted octanol–water partition coefficient (Wildman–Crippen LogP) is 4.84. The molecule has 0 saturated carbocycles. The first-order valence-electron chi connectivity index (χ1n) is 10.9. The van der Waals surface area contributed by atoms with Crippen LogP contribution in [0, 0.1) is 20.8 Å². The molecule has 7 heteroatoms. The van der Waals surface area contributed by atoms with Crippen LogP contribution in [0.3, 0.4) is 0 Å². The van der Waals surface area contributed by atoms with Gasteiger partial charge in [-0.3, -0.25) is 4.79 Å². The summed E-state index contributed by atoms with van der Waals surface area (Å²) < 4.78 is 33.6. The topological polar surface area (TPSA) is 75.7 Å². The molecule has 1 N–H and O–H groups in total. The lowest BCUT2D eigenvalue weighted by molar-refractivity contribution is -0.116. The van der Waals surface area contributed by atoms with E-state index >= 15 is 0 Å². The molecule has 33 heavy (non-hydrogen) atoms. The van der Waals surface area contributed by atoms with Gasteiger partial charge >= 0.3 is 0 Å². The van der Waals surface area contributed by atoms with Gasteiger partial charge in [0.15, 0.2) is 0 Å². The first kappa shape index (κ1) is 24.5. The molecule has 0 unspecified atom stereocenters. The molecule has 0 spiro atoms. The van der Waals surface area contributed by atoms with E-state index in [0.29, 0.717) is 18.0 Å². The molecule has 0 radical (unpaired) electrons. The van der Waals surface area contributed by atoms with E-state index in [4.69, 9.17) is 4.74 Å². The molecule has 174 valence electrons. The maximum Gasteiger partial charge on any atom is 0.243 e. The first-order valence-corrected chi connectivity index (χ1v) is 12.3. The Bertz CT molecular complexity index is 1180. The Hall–Kier alpha value is -3.16. The fourth-order valence-electron chi connectivity index (χ4n) is 3.75. The van der Waals surface area contributed by atoms with E-state index in [1.807, 2.05) is 70.2 Å². The summed E-state index contributed by atoms with van der Waals surface area (Å²) >= 11 is 0. The van der Waals surface area contributed by atoms with Crippen molar-refractivity contribution in [1.29, 1.82) is 0 Å².